The van der Waals surface area contributed by atoms with Crippen LogP contribution < -0.4 is 10.1 Å². The fourth-order valence-electron chi connectivity index (χ4n) is 2.99. The smallest absolute Gasteiger partial charge is 0.119 e. The molecule has 1 aromatic carbocycles. The van der Waals surface area contributed by atoms with Gasteiger partial charge >= 0.3 is 0 Å². The molecule has 1 saturated heterocycles. The first kappa shape index (κ1) is 15.3. The molecule has 0 spiro atoms. The molecule has 1 heterocycles. The van der Waals surface area contributed by atoms with Crippen molar-refractivity contribution in [3.63, 3.8) is 0 Å². The van der Waals surface area contributed by atoms with Crippen molar-refractivity contribution >= 4 is 0 Å². The normalized spacial score (nSPS) is 23.8. The van der Waals surface area contributed by atoms with Crippen molar-refractivity contribution in [2.75, 3.05) is 20.2 Å². The molecule has 0 bridgehead atoms. The van der Waals surface area contributed by atoms with E-state index in [1.54, 1.807) is 7.11 Å². The maximum Gasteiger partial charge on any atom is 0.119 e. The van der Waals surface area contributed by atoms with E-state index in [0.29, 0.717) is 12.1 Å². The number of nitrogens with one attached hydrogen (secondary N) is 1. The van der Waals surface area contributed by atoms with E-state index in [4.69, 9.17) is 4.74 Å². The van der Waals surface area contributed by atoms with Gasteiger partial charge in [-0.25, -0.2) is 0 Å². The Morgan fingerprint density at radius 1 is 1.40 bits per heavy atom. The molecule has 1 N–H and O–H groups in total. The van der Waals surface area contributed by atoms with Crippen LogP contribution in [0.15, 0.2) is 24.3 Å². The number of piperidine rings is 1. The summed E-state index contributed by atoms with van der Waals surface area (Å²) in [6.45, 7) is 7.93. The van der Waals surface area contributed by atoms with Crippen molar-refractivity contribution in [3.8, 4) is 5.75 Å². The van der Waals surface area contributed by atoms with Gasteiger partial charge in [0.2, 0.25) is 0 Å². The maximum atomic E-state index is 5.30. The number of likely N-dealkylation sites (tertiary alicyclic amines) is 1. The number of hydrogen-bond donors (Lipinski definition) is 1. The second-order valence-electron chi connectivity index (χ2n) is 5.85. The minimum Gasteiger partial charge on any atom is -0.497 e. The van der Waals surface area contributed by atoms with E-state index in [1.807, 2.05) is 6.07 Å². The first-order valence-electron chi connectivity index (χ1n) is 7.83. The lowest BCUT2D eigenvalue weighted by atomic mass is 9.97. The minimum absolute atomic E-state index is 0.643. The number of methoxy groups -OCH3 is 1. The highest BCUT2D eigenvalue weighted by Gasteiger charge is 2.24. The third kappa shape index (κ3) is 4.22. The van der Waals surface area contributed by atoms with E-state index in [0.717, 1.165) is 18.8 Å². The summed E-state index contributed by atoms with van der Waals surface area (Å²) in [5.41, 5.74) is 1.34. The molecule has 1 aliphatic rings. The second kappa shape index (κ2) is 7.65. The molecular formula is C17H28N2O. The van der Waals surface area contributed by atoms with E-state index in [2.05, 4.69) is 42.3 Å². The zero-order valence-electron chi connectivity index (χ0n) is 13.1. The van der Waals surface area contributed by atoms with Gasteiger partial charge in [0.1, 0.15) is 5.75 Å². The van der Waals surface area contributed by atoms with Crippen LogP contribution >= 0.6 is 0 Å². The van der Waals surface area contributed by atoms with Gasteiger partial charge in [-0.05, 0) is 50.4 Å². The minimum atomic E-state index is 0.643. The number of hydrogen-bond acceptors (Lipinski definition) is 3. The molecular weight excluding hydrogens is 248 g/mol. The van der Waals surface area contributed by atoms with Crippen molar-refractivity contribution < 1.29 is 4.74 Å². The fraction of sp³-hybridized carbons (Fsp3) is 0.647. The van der Waals surface area contributed by atoms with Crippen LogP contribution in [0.25, 0.3) is 0 Å². The summed E-state index contributed by atoms with van der Waals surface area (Å²) in [6, 6.07) is 9.77. The van der Waals surface area contributed by atoms with Gasteiger partial charge in [-0.1, -0.05) is 19.1 Å². The summed E-state index contributed by atoms with van der Waals surface area (Å²) < 4.78 is 5.30. The van der Waals surface area contributed by atoms with Crippen molar-refractivity contribution in [1.29, 1.82) is 0 Å². The predicted octanol–water partition coefficient (Wildman–Crippen LogP) is 3.05. The van der Waals surface area contributed by atoms with Gasteiger partial charge in [-0.2, -0.15) is 0 Å². The number of nitrogens with zero attached hydrogens (tertiary/aromatic N) is 1. The van der Waals surface area contributed by atoms with E-state index in [9.17, 15) is 0 Å². The Kier molecular flexibility index (Phi) is 5.86. The van der Waals surface area contributed by atoms with Crippen molar-refractivity contribution in [3.05, 3.63) is 29.8 Å². The number of rotatable bonds is 6. The van der Waals surface area contributed by atoms with Gasteiger partial charge in [-0.3, -0.25) is 4.90 Å². The Balaban J connectivity index is 1.87. The Labute approximate surface area is 123 Å². The van der Waals surface area contributed by atoms with Gasteiger partial charge in [-0.15, -0.1) is 0 Å². The summed E-state index contributed by atoms with van der Waals surface area (Å²) in [6.07, 6.45) is 3.73. The highest BCUT2D eigenvalue weighted by molar-refractivity contribution is 5.28. The van der Waals surface area contributed by atoms with Crippen LogP contribution in [-0.2, 0) is 6.54 Å². The number of ether oxygens (including phenoxy) is 1. The van der Waals surface area contributed by atoms with Crippen LogP contribution in [-0.4, -0.2) is 37.2 Å². The van der Waals surface area contributed by atoms with Crippen molar-refractivity contribution in [2.24, 2.45) is 0 Å². The van der Waals surface area contributed by atoms with Crippen LogP contribution in [0, 0.1) is 0 Å². The highest BCUT2D eigenvalue weighted by atomic mass is 16.5. The monoisotopic (exact) mass is 276 g/mol. The average molecular weight is 276 g/mol. The van der Waals surface area contributed by atoms with E-state index in [1.165, 1.54) is 31.4 Å². The molecule has 3 nitrogen and oxygen atoms in total. The molecule has 0 aliphatic carbocycles. The Morgan fingerprint density at radius 2 is 2.25 bits per heavy atom. The van der Waals surface area contributed by atoms with Gasteiger partial charge in [0.05, 0.1) is 7.11 Å². The van der Waals surface area contributed by atoms with Gasteiger partial charge in [0.15, 0.2) is 0 Å². The van der Waals surface area contributed by atoms with Crippen LogP contribution in [0.5, 0.6) is 5.75 Å². The van der Waals surface area contributed by atoms with Crippen molar-refractivity contribution in [1.82, 2.24) is 10.2 Å². The molecule has 2 atom stereocenters. The first-order chi connectivity index (χ1) is 9.72. The third-order valence-electron chi connectivity index (χ3n) is 4.22. The van der Waals surface area contributed by atoms with E-state index < -0.39 is 0 Å². The van der Waals surface area contributed by atoms with E-state index in [-0.39, 0.29) is 0 Å². The molecule has 3 heteroatoms. The SMILES string of the molecule is CCCNC1CCN(Cc2cccc(OC)c2)C(C)C1. The standard InChI is InChI=1S/C17H28N2O/c1-4-9-18-16-8-10-19(14(2)11-16)13-15-6-5-7-17(12-15)20-3/h5-7,12,14,16,18H,4,8-11,13H2,1-3H3. The lowest BCUT2D eigenvalue weighted by Crippen LogP contribution is -2.47. The maximum absolute atomic E-state index is 5.30. The highest BCUT2D eigenvalue weighted by Crippen LogP contribution is 2.21. The molecule has 0 aromatic heterocycles. The summed E-state index contributed by atoms with van der Waals surface area (Å²) in [5.74, 6) is 0.953. The van der Waals surface area contributed by atoms with Crippen LogP contribution in [0.4, 0.5) is 0 Å². The van der Waals surface area contributed by atoms with E-state index >= 15 is 0 Å². The molecule has 2 rings (SSSR count). The van der Waals surface area contributed by atoms with Crippen molar-refractivity contribution in [2.45, 2.75) is 51.7 Å². The quantitative estimate of drug-likeness (QED) is 0.864. The lowest BCUT2D eigenvalue weighted by Gasteiger charge is -2.38. The Morgan fingerprint density at radius 3 is 2.95 bits per heavy atom. The summed E-state index contributed by atoms with van der Waals surface area (Å²) in [7, 11) is 1.73. The molecule has 20 heavy (non-hydrogen) atoms. The Hall–Kier alpha value is -1.06. The summed E-state index contributed by atoms with van der Waals surface area (Å²) >= 11 is 0. The Bertz CT molecular complexity index is 408. The molecule has 0 amide bonds. The van der Waals surface area contributed by atoms with Crippen LogP contribution in [0.2, 0.25) is 0 Å². The predicted molar refractivity (Wildman–Crippen MR) is 84.2 cm³/mol. The lowest BCUT2D eigenvalue weighted by molar-refractivity contribution is 0.128. The molecule has 1 aromatic rings. The summed E-state index contributed by atoms with van der Waals surface area (Å²) in [5, 5.41) is 3.66. The van der Waals surface area contributed by atoms with Gasteiger partial charge in [0.25, 0.3) is 0 Å². The van der Waals surface area contributed by atoms with Gasteiger partial charge < -0.3 is 10.1 Å². The fourth-order valence-corrected chi connectivity index (χ4v) is 2.99. The average Bonchev–Trinajstić information content (AvgIpc) is 2.48. The topological polar surface area (TPSA) is 24.5 Å². The van der Waals surface area contributed by atoms with Crippen LogP contribution in [0.3, 0.4) is 0 Å². The molecule has 112 valence electrons. The zero-order chi connectivity index (χ0) is 14.4. The molecule has 0 radical (unpaired) electrons. The molecule has 1 fully saturated rings. The first-order valence-corrected chi connectivity index (χ1v) is 7.83. The largest absolute Gasteiger partial charge is 0.497 e. The summed E-state index contributed by atoms with van der Waals surface area (Å²) in [4.78, 5) is 2.58. The van der Waals surface area contributed by atoms with Gasteiger partial charge in [0, 0.05) is 25.2 Å². The molecule has 2 unspecified atom stereocenters. The third-order valence-corrected chi connectivity index (χ3v) is 4.22. The molecule has 1 aliphatic heterocycles. The zero-order valence-corrected chi connectivity index (χ0v) is 13.1. The van der Waals surface area contributed by atoms with Crippen LogP contribution in [0.1, 0.15) is 38.7 Å². The number of benzene rings is 1. The molecule has 0 saturated carbocycles. The second-order valence-corrected chi connectivity index (χ2v) is 5.85.